The van der Waals surface area contributed by atoms with Crippen molar-refractivity contribution in [1.29, 1.82) is 0 Å². The first kappa shape index (κ1) is 15.8. The summed E-state index contributed by atoms with van der Waals surface area (Å²) < 4.78 is 18.6. The number of ether oxygens (including phenoxy) is 1. The molecule has 0 aliphatic carbocycles. The Morgan fingerprint density at radius 3 is 2.82 bits per heavy atom. The molecule has 0 saturated carbocycles. The molecule has 5 nitrogen and oxygen atoms in total. The summed E-state index contributed by atoms with van der Waals surface area (Å²) in [5.74, 6) is 0.345. The maximum atomic E-state index is 13.5. The van der Waals surface area contributed by atoms with Crippen molar-refractivity contribution in [3.05, 3.63) is 59.9 Å². The first-order chi connectivity index (χ1) is 10.6. The van der Waals surface area contributed by atoms with Crippen LogP contribution in [0.4, 0.5) is 10.1 Å². The molecule has 0 aliphatic rings. The zero-order valence-electron chi connectivity index (χ0n) is 12.2. The summed E-state index contributed by atoms with van der Waals surface area (Å²) in [7, 11) is 1.57. The van der Waals surface area contributed by atoms with E-state index in [1.165, 1.54) is 12.1 Å². The van der Waals surface area contributed by atoms with Crippen molar-refractivity contribution in [1.82, 2.24) is 0 Å². The molecule has 116 valence electrons. The normalized spacial score (nSPS) is 12.8. The Hall–Kier alpha value is -2.60. The smallest absolute Gasteiger partial charge is 0.193 e. The molecule has 1 unspecified atom stereocenters. The molecular formula is C16H18FN3O2. The fourth-order valence-electron chi connectivity index (χ4n) is 1.92. The molecule has 0 spiro atoms. The van der Waals surface area contributed by atoms with Crippen molar-refractivity contribution in [2.75, 3.05) is 19.0 Å². The maximum Gasteiger partial charge on any atom is 0.193 e. The minimum atomic E-state index is -1.05. The predicted octanol–water partition coefficient (Wildman–Crippen LogP) is 2.29. The highest BCUT2D eigenvalue weighted by atomic mass is 19.1. The van der Waals surface area contributed by atoms with Gasteiger partial charge in [0.2, 0.25) is 0 Å². The molecule has 1 atom stereocenters. The number of benzene rings is 2. The van der Waals surface area contributed by atoms with Crippen LogP contribution in [0.3, 0.4) is 0 Å². The third-order valence-electron chi connectivity index (χ3n) is 3.04. The quantitative estimate of drug-likeness (QED) is 0.585. The molecule has 2 rings (SSSR count). The molecule has 2 aromatic rings. The number of guanidine groups is 1. The Morgan fingerprint density at radius 1 is 1.32 bits per heavy atom. The molecular weight excluding hydrogens is 285 g/mol. The summed E-state index contributed by atoms with van der Waals surface area (Å²) in [6.45, 7) is -0.0380. The Bertz CT molecular complexity index is 661. The van der Waals surface area contributed by atoms with Crippen LogP contribution in [0.5, 0.6) is 5.75 Å². The molecule has 22 heavy (non-hydrogen) atoms. The van der Waals surface area contributed by atoms with Crippen LogP contribution in [-0.4, -0.2) is 24.7 Å². The summed E-state index contributed by atoms with van der Waals surface area (Å²) >= 11 is 0. The van der Waals surface area contributed by atoms with Crippen molar-refractivity contribution < 1.29 is 14.2 Å². The van der Waals surface area contributed by atoms with Crippen molar-refractivity contribution in [2.45, 2.75) is 6.10 Å². The molecule has 0 saturated heterocycles. The number of nitrogens with zero attached hydrogens (tertiary/aromatic N) is 1. The van der Waals surface area contributed by atoms with Gasteiger partial charge in [0.05, 0.1) is 13.7 Å². The van der Waals surface area contributed by atoms with Gasteiger partial charge in [-0.2, -0.15) is 0 Å². The van der Waals surface area contributed by atoms with Gasteiger partial charge in [0, 0.05) is 17.3 Å². The number of aliphatic hydroxyl groups excluding tert-OH is 1. The van der Waals surface area contributed by atoms with E-state index in [4.69, 9.17) is 10.5 Å². The highest BCUT2D eigenvalue weighted by molar-refractivity contribution is 5.92. The average Bonchev–Trinajstić information content (AvgIpc) is 2.53. The Labute approximate surface area is 128 Å². The van der Waals surface area contributed by atoms with E-state index < -0.39 is 11.9 Å². The summed E-state index contributed by atoms with van der Waals surface area (Å²) in [4.78, 5) is 4.02. The number of aliphatic imine (C=N–C) groups is 1. The van der Waals surface area contributed by atoms with Gasteiger partial charge in [0.1, 0.15) is 17.7 Å². The molecule has 0 fully saturated rings. The summed E-state index contributed by atoms with van der Waals surface area (Å²) in [6.07, 6.45) is -1.05. The molecule has 4 N–H and O–H groups in total. The number of methoxy groups -OCH3 is 1. The fourth-order valence-corrected chi connectivity index (χ4v) is 1.92. The lowest BCUT2D eigenvalue weighted by Crippen LogP contribution is -2.23. The van der Waals surface area contributed by atoms with E-state index in [1.54, 1.807) is 37.4 Å². The molecule has 0 aromatic heterocycles. The Balaban J connectivity index is 1.99. The molecule has 0 radical (unpaired) electrons. The van der Waals surface area contributed by atoms with E-state index in [1.807, 2.05) is 6.07 Å². The van der Waals surface area contributed by atoms with Crippen LogP contribution in [0.1, 0.15) is 11.7 Å². The topological polar surface area (TPSA) is 79.9 Å². The van der Waals surface area contributed by atoms with Gasteiger partial charge in [0.15, 0.2) is 5.96 Å². The van der Waals surface area contributed by atoms with Crippen molar-refractivity contribution >= 4 is 11.6 Å². The van der Waals surface area contributed by atoms with Crippen LogP contribution in [0.25, 0.3) is 0 Å². The molecule has 0 aliphatic heterocycles. The van der Waals surface area contributed by atoms with Gasteiger partial charge in [-0.1, -0.05) is 24.3 Å². The van der Waals surface area contributed by atoms with Gasteiger partial charge < -0.3 is 20.9 Å². The van der Waals surface area contributed by atoms with Crippen LogP contribution in [0, 0.1) is 5.82 Å². The van der Waals surface area contributed by atoms with Crippen molar-refractivity contribution in [3.8, 4) is 5.75 Å². The first-order valence-electron chi connectivity index (χ1n) is 6.73. The zero-order chi connectivity index (χ0) is 15.9. The number of halogens is 1. The molecule has 0 amide bonds. The number of nitrogens with one attached hydrogen (secondary N) is 1. The number of aliphatic hydroxyl groups is 1. The lowest BCUT2D eigenvalue weighted by molar-refractivity contribution is 0.182. The standard InChI is InChI=1S/C16H18FN3O2/c1-22-12-6-4-5-11(9-12)20-16(18)19-10-15(21)13-7-2-3-8-14(13)17/h2-9,15,21H,10H2,1H3,(H3,18,19,20). The van der Waals surface area contributed by atoms with Crippen molar-refractivity contribution in [2.24, 2.45) is 10.7 Å². The van der Waals surface area contributed by atoms with Crippen LogP contribution >= 0.6 is 0 Å². The summed E-state index contributed by atoms with van der Waals surface area (Å²) in [6, 6.07) is 13.2. The first-order valence-corrected chi connectivity index (χ1v) is 6.73. The zero-order valence-corrected chi connectivity index (χ0v) is 12.2. The summed E-state index contributed by atoms with van der Waals surface area (Å²) in [5.41, 5.74) is 6.66. The highest BCUT2D eigenvalue weighted by Crippen LogP contribution is 2.18. The van der Waals surface area contributed by atoms with Crippen LogP contribution in [-0.2, 0) is 0 Å². The number of rotatable bonds is 5. The third-order valence-corrected chi connectivity index (χ3v) is 3.04. The lowest BCUT2D eigenvalue weighted by atomic mass is 10.1. The maximum absolute atomic E-state index is 13.5. The van der Waals surface area contributed by atoms with E-state index in [9.17, 15) is 9.50 Å². The highest BCUT2D eigenvalue weighted by Gasteiger charge is 2.11. The second-order valence-electron chi connectivity index (χ2n) is 4.62. The molecule has 0 heterocycles. The number of hydrogen-bond donors (Lipinski definition) is 3. The van der Waals surface area contributed by atoms with E-state index >= 15 is 0 Å². The van der Waals surface area contributed by atoms with E-state index in [2.05, 4.69) is 10.3 Å². The molecule has 0 bridgehead atoms. The van der Waals surface area contributed by atoms with Crippen LogP contribution < -0.4 is 15.8 Å². The van der Waals surface area contributed by atoms with Gasteiger partial charge in [-0.05, 0) is 18.2 Å². The second kappa shape index (κ2) is 7.42. The van der Waals surface area contributed by atoms with Gasteiger partial charge in [-0.3, -0.25) is 4.99 Å². The van der Waals surface area contributed by atoms with Crippen LogP contribution in [0.15, 0.2) is 53.5 Å². The number of anilines is 1. The van der Waals surface area contributed by atoms with Crippen molar-refractivity contribution in [3.63, 3.8) is 0 Å². The van der Waals surface area contributed by atoms with E-state index in [-0.39, 0.29) is 18.1 Å². The number of nitrogens with two attached hydrogens (primary N) is 1. The minimum absolute atomic E-state index is 0.0380. The van der Waals surface area contributed by atoms with E-state index in [0.717, 1.165) is 0 Å². The second-order valence-corrected chi connectivity index (χ2v) is 4.62. The summed E-state index contributed by atoms with van der Waals surface area (Å²) in [5, 5.41) is 12.8. The fraction of sp³-hybridized carbons (Fsp3) is 0.188. The lowest BCUT2D eigenvalue weighted by Gasteiger charge is -2.11. The Morgan fingerprint density at radius 2 is 2.09 bits per heavy atom. The van der Waals surface area contributed by atoms with Gasteiger partial charge in [-0.15, -0.1) is 0 Å². The average molecular weight is 303 g/mol. The van der Waals surface area contributed by atoms with Gasteiger partial charge in [0.25, 0.3) is 0 Å². The number of hydrogen-bond acceptors (Lipinski definition) is 3. The SMILES string of the molecule is COc1cccc(NC(N)=NCC(O)c2ccccc2F)c1. The molecule has 6 heteroatoms. The third kappa shape index (κ3) is 4.20. The predicted molar refractivity (Wildman–Crippen MR) is 84.5 cm³/mol. The van der Waals surface area contributed by atoms with Gasteiger partial charge in [-0.25, -0.2) is 4.39 Å². The Kier molecular flexibility index (Phi) is 5.32. The van der Waals surface area contributed by atoms with E-state index in [0.29, 0.717) is 11.4 Å². The minimum Gasteiger partial charge on any atom is -0.497 e. The monoisotopic (exact) mass is 303 g/mol. The van der Waals surface area contributed by atoms with Crippen LogP contribution in [0.2, 0.25) is 0 Å². The molecule has 2 aromatic carbocycles. The van der Waals surface area contributed by atoms with Gasteiger partial charge >= 0.3 is 0 Å². The largest absolute Gasteiger partial charge is 0.497 e.